The van der Waals surface area contributed by atoms with E-state index < -0.39 is 0 Å². The Morgan fingerprint density at radius 3 is 2.63 bits per heavy atom. The minimum Gasteiger partial charge on any atom is -0.352 e. The monoisotopic (exact) mass is 399 g/mol. The lowest BCUT2D eigenvalue weighted by Crippen LogP contribution is -2.26. The summed E-state index contributed by atoms with van der Waals surface area (Å²) in [6.07, 6.45) is 4.54. The highest BCUT2D eigenvalue weighted by Crippen LogP contribution is 2.43. The average molecular weight is 400 g/mol. The molecule has 0 spiro atoms. The average Bonchev–Trinajstić information content (AvgIpc) is 3.41. The smallest absolute Gasteiger partial charge is 0.254 e. The molecule has 1 aromatic heterocycles. The summed E-state index contributed by atoms with van der Waals surface area (Å²) in [4.78, 5) is 12.8. The van der Waals surface area contributed by atoms with Crippen LogP contribution in [0.2, 0.25) is 10.0 Å². The van der Waals surface area contributed by atoms with Gasteiger partial charge < -0.3 is 5.32 Å². The van der Waals surface area contributed by atoms with E-state index in [-0.39, 0.29) is 5.91 Å². The van der Waals surface area contributed by atoms with Crippen LogP contribution in [0.1, 0.15) is 40.4 Å². The fraction of sp³-hybridized carbons (Fsp3) is 0.238. The van der Waals surface area contributed by atoms with Crippen LogP contribution in [0.5, 0.6) is 0 Å². The highest BCUT2D eigenvalue weighted by Gasteiger charge is 2.33. The first-order valence-electron chi connectivity index (χ1n) is 8.99. The predicted molar refractivity (Wildman–Crippen MR) is 108 cm³/mol. The van der Waals surface area contributed by atoms with Gasteiger partial charge in [-0.25, -0.2) is 4.68 Å². The SMILES string of the molecule is O=C(NCCc1ccccc1)c1cnn(-c2ccc(Cl)cc2Cl)c1C1CC1. The van der Waals surface area contributed by atoms with Crippen molar-refractivity contribution < 1.29 is 4.79 Å². The van der Waals surface area contributed by atoms with Gasteiger partial charge in [-0.2, -0.15) is 5.10 Å². The van der Waals surface area contributed by atoms with Crippen LogP contribution in [0.25, 0.3) is 5.69 Å². The molecule has 0 atom stereocenters. The summed E-state index contributed by atoms with van der Waals surface area (Å²) < 4.78 is 1.78. The molecule has 0 radical (unpaired) electrons. The largest absolute Gasteiger partial charge is 0.352 e. The number of carbonyl (C=O) groups excluding carboxylic acids is 1. The summed E-state index contributed by atoms with van der Waals surface area (Å²) in [6.45, 7) is 0.583. The van der Waals surface area contributed by atoms with Crippen molar-refractivity contribution in [3.63, 3.8) is 0 Å². The summed E-state index contributed by atoms with van der Waals surface area (Å²) in [5.74, 6) is 0.248. The van der Waals surface area contributed by atoms with Gasteiger partial charge in [-0.1, -0.05) is 53.5 Å². The van der Waals surface area contributed by atoms with E-state index >= 15 is 0 Å². The third-order valence-corrected chi connectivity index (χ3v) is 5.23. The number of rotatable bonds is 6. The highest BCUT2D eigenvalue weighted by molar-refractivity contribution is 6.35. The van der Waals surface area contributed by atoms with Crippen LogP contribution in [-0.2, 0) is 6.42 Å². The lowest BCUT2D eigenvalue weighted by atomic mass is 10.1. The zero-order valence-electron chi connectivity index (χ0n) is 14.7. The molecule has 1 fully saturated rings. The van der Waals surface area contributed by atoms with Gasteiger partial charge in [0.1, 0.15) is 0 Å². The molecule has 0 unspecified atom stereocenters. The molecule has 138 valence electrons. The molecule has 2 aromatic carbocycles. The van der Waals surface area contributed by atoms with Crippen LogP contribution in [0.15, 0.2) is 54.7 Å². The number of nitrogens with zero attached hydrogens (tertiary/aromatic N) is 2. The minimum absolute atomic E-state index is 0.0934. The Hall–Kier alpha value is -2.30. The summed E-state index contributed by atoms with van der Waals surface area (Å²) >= 11 is 12.4. The van der Waals surface area contributed by atoms with Crippen LogP contribution in [0.3, 0.4) is 0 Å². The Balaban J connectivity index is 1.54. The van der Waals surface area contributed by atoms with Crippen LogP contribution >= 0.6 is 23.2 Å². The molecule has 0 saturated heterocycles. The molecule has 1 aliphatic rings. The van der Waals surface area contributed by atoms with Gasteiger partial charge in [0.2, 0.25) is 0 Å². The van der Waals surface area contributed by atoms with Gasteiger partial charge >= 0.3 is 0 Å². The molecule has 1 aliphatic carbocycles. The van der Waals surface area contributed by atoms with Crippen molar-refractivity contribution in [1.29, 1.82) is 0 Å². The molecule has 0 bridgehead atoms. The quantitative estimate of drug-likeness (QED) is 0.631. The molecular formula is C21H19Cl2N3O. The van der Waals surface area contributed by atoms with E-state index in [4.69, 9.17) is 23.2 Å². The maximum absolute atomic E-state index is 12.8. The van der Waals surface area contributed by atoms with Crippen molar-refractivity contribution in [3.05, 3.63) is 81.6 Å². The summed E-state index contributed by atoms with van der Waals surface area (Å²) in [7, 11) is 0. The van der Waals surface area contributed by atoms with Gasteiger partial charge in [0.25, 0.3) is 5.91 Å². The first kappa shape index (κ1) is 18.1. The van der Waals surface area contributed by atoms with Crippen molar-refractivity contribution in [2.45, 2.75) is 25.2 Å². The molecule has 4 nitrogen and oxygen atoms in total. The number of nitrogens with one attached hydrogen (secondary N) is 1. The zero-order valence-corrected chi connectivity index (χ0v) is 16.2. The van der Waals surface area contributed by atoms with E-state index in [1.165, 1.54) is 5.56 Å². The summed E-state index contributed by atoms with van der Waals surface area (Å²) in [5.41, 5.74) is 3.49. The Morgan fingerprint density at radius 1 is 1.15 bits per heavy atom. The van der Waals surface area contributed by atoms with Crippen LogP contribution < -0.4 is 5.32 Å². The fourth-order valence-electron chi connectivity index (χ4n) is 3.19. The molecule has 27 heavy (non-hydrogen) atoms. The first-order chi connectivity index (χ1) is 13.1. The number of amides is 1. The van der Waals surface area contributed by atoms with Crippen molar-refractivity contribution in [1.82, 2.24) is 15.1 Å². The third kappa shape index (κ3) is 4.02. The van der Waals surface area contributed by atoms with Crippen molar-refractivity contribution in [3.8, 4) is 5.69 Å². The van der Waals surface area contributed by atoms with Crippen molar-refractivity contribution >= 4 is 29.1 Å². The Kier molecular flexibility index (Phi) is 5.19. The van der Waals surface area contributed by atoms with Crippen molar-refractivity contribution in [2.24, 2.45) is 0 Å². The molecule has 1 saturated carbocycles. The number of hydrogen-bond donors (Lipinski definition) is 1. The lowest BCUT2D eigenvalue weighted by Gasteiger charge is -2.11. The van der Waals surface area contributed by atoms with E-state index in [0.717, 1.165) is 30.6 Å². The molecule has 1 amide bonds. The van der Waals surface area contributed by atoms with Crippen molar-refractivity contribution in [2.75, 3.05) is 6.54 Å². The Morgan fingerprint density at radius 2 is 1.93 bits per heavy atom. The maximum atomic E-state index is 12.8. The topological polar surface area (TPSA) is 46.9 Å². The normalized spacial score (nSPS) is 13.6. The summed E-state index contributed by atoms with van der Waals surface area (Å²) in [6, 6.07) is 15.4. The summed E-state index contributed by atoms with van der Waals surface area (Å²) in [5, 5.41) is 8.56. The Labute approximate surface area is 168 Å². The van der Waals surface area contributed by atoms with E-state index in [0.29, 0.717) is 28.1 Å². The van der Waals surface area contributed by atoms with Gasteiger partial charge in [0, 0.05) is 17.5 Å². The number of halogens is 2. The highest BCUT2D eigenvalue weighted by atomic mass is 35.5. The Bertz CT molecular complexity index is 965. The van der Waals surface area contributed by atoms with Gasteiger partial charge in [-0.3, -0.25) is 4.79 Å². The van der Waals surface area contributed by atoms with E-state index in [9.17, 15) is 4.79 Å². The van der Waals surface area contributed by atoms with Crippen LogP contribution in [0, 0.1) is 0 Å². The minimum atomic E-state index is -0.0934. The van der Waals surface area contributed by atoms with Gasteiger partial charge in [-0.15, -0.1) is 0 Å². The molecule has 0 aliphatic heterocycles. The number of aromatic nitrogens is 2. The molecular weight excluding hydrogens is 381 g/mol. The van der Waals surface area contributed by atoms with E-state index in [1.54, 1.807) is 23.0 Å². The zero-order chi connectivity index (χ0) is 18.8. The van der Waals surface area contributed by atoms with Crippen LogP contribution in [-0.4, -0.2) is 22.2 Å². The van der Waals surface area contributed by atoms with Gasteiger partial charge in [0.15, 0.2) is 0 Å². The first-order valence-corrected chi connectivity index (χ1v) is 9.74. The standard InChI is InChI=1S/C21H19Cl2N3O/c22-16-8-9-19(18(23)12-16)26-20(15-6-7-15)17(13-25-26)21(27)24-11-10-14-4-2-1-3-5-14/h1-5,8-9,12-13,15H,6-7,10-11H2,(H,24,27). The van der Waals surface area contributed by atoms with E-state index in [2.05, 4.69) is 22.5 Å². The fourth-order valence-corrected chi connectivity index (χ4v) is 3.68. The second-order valence-corrected chi connectivity index (χ2v) is 7.56. The second kappa shape index (κ2) is 7.75. The third-order valence-electron chi connectivity index (χ3n) is 4.70. The van der Waals surface area contributed by atoms with E-state index in [1.807, 2.05) is 24.3 Å². The maximum Gasteiger partial charge on any atom is 0.254 e. The second-order valence-electron chi connectivity index (χ2n) is 6.72. The predicted octanol–water partition coefficient (Wildman–Crippen LogP) is 5.03. The number of hydrogen-bond acceptors (Lipinski definition) is 2. The van der Waals surface area contributed by atoms with Gasteiger partial charge in [-0.05, 0) is 43.0 Å². The number of benzene rings is 2. The molecule has 1 heterocycles. The molecule has 1 N–H and O–H groups in total. The lowest BCUT2D eigenvalue weighted by molar-refractivity contribution is 0.0953. The molecule has 4 rings (SSSR count). The van der Waals surface area contributed by atoms with Crippen LogP contribution in [0.4, 0.5) is 0 Å². The molecule has 3 aromatic rings. The molecule has 6 heteroatoms. The number of carbonyl (C=O) groups is 1. The van der Waals surface area contributed by atoms with Gasteiger partial charge in [0.05, 0.1) is 28.2 Å².